The van der Waals surface area contributed by atoms with Crippen LogP contribution in [-0.2, 0) is 17.8 Å². The van der Waals surface area contributed by atoms with Crippen LogP contribution in [0.25, 0.3) is 0 Å². The SMILES string of the molecule is O=C(Cc1ccc(OCc2ccccc2)cc1)Nc1cccc(O)c1. The molecule has 4 nitrogen and oxygen atoms in total. The Kier molecular flexibility index (Phi) is 5.32. The first-order valence-electron chi connectivity index (χ1n) is 8.03. The second-order valence-electron chi connectivity index (χ2n) is 5.69. The number of carbonyl (C=O) groups is 1. The van der Waals surface area contributed by atoms with E-state index in [-0.39, 0.29) is 18.1 Å². The average molecular weight is 333 g/mol. The number of amides is 1. The van der Waals surface area contributed by atoms with Crippen LogP contribution in [0.5, 0.6) is 11.5 Å². The van der Waals surface area contributed by atoms with E-state index in [2.05, 4.69) is 5.32 Å². The van der Waals surface area contributed by atoms with Crippen molar-refractivity contribution in [2.45, 2.75) is 13.0 Å². The van der Waals surface area contributed by atoms with E-state index in [1.54, 1.807) is 18.2 Å². The van der Waals surface area contributed by atoms with Crippen LogP contribution in [0, 0.1) is 0 Å². The van der Waals surface area contributed by atoms with Gasteiger partial charge in [0.1, 0.15) is 18.1 Å². The number of nitrogens with one attached hydrogen (secondary N) is 1. The minimum Gasteiger partial charge on any atom is -0.508 e. The summed E-state index contributed by atoms with van der Waals surface area (Å²) >= 11 is 0. The quantitative estimate of drug-likeness (QED) is 0.712. The van der Waals surface area contributed by atoms with Crippen LogP contribution in [0.15, 0.2) is 78.9 Å². The molecule has 0 heterocycles. The number of rotatable bonds is 6. The minimum absolute atomic E-state index is 0.123. The molecule has 2 N–H and O–H groups in total. The normalized spacial score (nSPS) is 10.2. The Morgan fingerprint density at radius 1 is 0.880 bits per heavy atom. The molecule has 0 saturated heterocycles. The van der Waals surface area contributed by atoms with E-state index in [0.29, 0.717) is 12.3 Å². The molecule has 0 fully saturated rings. The smallest absolute Gasteiger partial charge is 0.228 e. The maximum absolute atomic E-state index is 12.1. The molecule has 126 valence electrons. The molecular formula is C21H19NO3. The topological polar surface area (TPSA) is 58.6 Å². The van der Waals surface area contributed by atoms with Crippen LogP contribution in [0.3, 0.4) is 0 Å². The highest BCUT2D eigenvalue weighted by Crippen LogP contribution is 2.17. The van der Waals surface area contributed by atoms with Gasteiger partial charge in [0, 0.05) is 11.8 Å². The van der Waals surface area contributed by atoms with Crippen molar-refractivity contribution >= 4 is 11.6 Å². The van der Waals surface area contributed by atoms with Crippen molar-refractivity contribution in [1.82, 2.24) is 0 Å². The number of aromatic hydroxyl groups is 1. The van der Waals surface area contributed by atoms with Gasteiger partial charge in [0.05, 0.1) is 6.42 Å². The van der Waals surface area contributed by atoms with Crippen LogP contribution in [0.2, 0.25) is 0 Å². The van der Waals surface area contributed by atoms with Crippen molar-refractivity contribution in [2.75, 3.05) is 5.32 Å². The number of benzene rings is 3. The fourth-order valence-electron chi connectivity index (χ4n) is 2.42. The van der Waals surface area contributed by atoms with Crippen LogP contribution in [0.1, 0.15) is 11.1 Å². The lowest BCUT2D eigenvalue weighted by Crippen LogP contribution is -2.14. The molecule has 0 spiro atoms. The predicted octanol–water partition coefficient (Wildman–Crippen LogP) is 4.15. The Hall–Kier alpha value is -3.27. The van der Waals surface area contributed by atoms with Crippen LogP contribution < -0.4 is 10.1 Å². The van der Waals surface area contributed by atoms with Gasteiger partial charge in [-0.2, -0.15) is 0 Å². The summed E-state index contributed by atoms with van der Waals surface area (Å²) in [6.45, 7) is 0.512. The molecule has 3 rings (SSSR count). The lowest BCUT2D eigenvalue weighted by Gasteiger charge is -2.08. The van der Waals surface area contributed by atoms with E-state index >= 15 is 0 Å². The molecule has 4 heteroatoms. The molecular weight excluding hydrogens is 314 g/mol. The zero-order valence-electron chi connectivity index (χ0n) is 13.7. The van der Waals surface area contributed by atoms with Gasteiger partial charge in [0.25, 0.3) is 0 Å². The number of anilines is 1. The molecule has 3 aromatic rings. The van der Waals surface area contributed by atoms with Crippen molar-refractivity contribution in [3.8, 4) is 11.5 Å². The highest BCUT2D eigenvalue weighted by Gasteiger charge is 2.05. The van der Waals surface area contributed by atoms with Gasteiger partial charge in [0.15, 0.2) is 0 Å². The number of carbonyl (C=O) groups excluding carboxylic acids is 1. The van der Waals surface area contributed by atoms with Crippen LogP contribution >= 0.6 is 0 Å². The summed E-state index contributed by atoms with van der Waals surface area (Å²) in [5, 5.41) is 12.2. The summed E-state index contributed by atoms with van der Waals surface area (Å²) in [6, 6.07) is 23.9. The fraction of sp³-hybridized carbons (Fsp3) is 0.0952. The predicted molar refractivity (Wildman–Crippen MR) is 97.7 cm³/mol. The highest BCUT2D eigenvalue weighted by atomic mass is 16.5. The molecule has 0 aliphatic heterocycles. The van der Waals surface area contributed by atoms with Gasteiger partial charge in [-0.3, -0.25) is 4.79 Å². The van der Waals surface area contributed by atoms with Gasteiger partial charge in [-0.05, 0) is 35.4 Å². The summed E-state index contributed by atoms with van der Waals surface area (Å²) in [7, 11) is 0. The van der Waals surface area contributed by atoms with Crippen molar-refractivity contribution < 1.29 is 14.6 Å². The summed E-state index contributed by atoms with van der Waals surface area (Å²) in [6.07, 6.45) is 0.259. The van der Waals surface area contributed by atoms with E-state index in [0.717, 1.165) is 16.9 Å². The van der Waals surface area contributed by atoms with Gasteiger partial charge in [-0.1, -0.05) is 48.5 Å². The molecule has 1 amide bonds. The summed E-state index contributed by atoms with van der Waals surface area (Å²) < 4.78 is 5.73. The van der Waals surface area contributed by atoms with Gasteiger partial charge in [-0.15, -0.1) is 0 Å². The Labute approximate surface area is 146 Å². The molecule has 0 unspecified atom stereocenters. The first-order valence-corrected chi connectivity index (χ1v) is 8.03. The number of phenolic OH excluding ortho intramolecular Hbond substituents is 1. The Morgan fingerprint density at radius 2 is 1.64 bits per heavy atom. The molecule has 25 heavy (non-hydrogen) atoms. The molecule has 0 radical (unpaired) electrons. The van der Waals surface area contributed by atoms with Crippen LogP contribution in [0.4, 0.5) is 5.69 Å². The van der Waals surface area contributed by atoms with E-state index in [1.165, 1.54) is 6.07 Å². The van der Waals surface area contributed by atoms with E-state index < -0.39 is 0 Å². The first-order chi connectivity index (χ1) is 12.2. The second kappa shape index (κ2) is 8.02. The summed E-state index contributed by atoms with van der Waals surface area (Å²) in [5.41, 5.74) is 2.58. The number of hydrogen-bond donors (Lipinski definition) is 2. The van der Waals surface area contributed by atoms with E-state index in [1.807, 2.05) is 54.6 Å². The van der Waals surface area contributed by atoms with Gasteiger partial charge < -0.3 is 15.2 Å². The average Bonchev–Trinajstić information content (AvgIpc) is 2.62. The molecule has 0 aliphatic rings. The van der Waals surface area contributed by atoms with Gasteiger partial charge in [0.2, 0.25) is 5.91 Å². The number of ether oxygens (including phenoxy) is 1. The first kappa shape index (κ1) is 16.6. The Bertz CT molecular complexity index is 829. The van der Waals surface area contributed by atoms with Gasteiger partial charge >= 0.3 is 0 Å². The van der Waals surface area contributed by atoms with Crippen molar-refractivity contribution in [3.05, 3.63) is 90.0 Å². The Morgan fingerprint density at radius 3 is 2.36 bits per heavy atom. The van der Waals surface area contributed by atoms with Crippen LogP contribution in [-0.4, -0.2) is 11.0 Å². The third-order valence-electron chi connectivity index (χ3n) is 3.67. The molecule has 0 aromatic heterocycles. The van der Waals surface area contributed by atoms with E-state index in [4.69, 9.17) is 4.74 Å². The summed E-state index contributed by atoms with van der Waals surface area (Å²) in [5.74, 6) is 0.752. The zero-order valence-corrected chi connectivity index (χ0v) is 13.7. The number of hydrogen-bond acceptors (Lipinski definition) is 3. The molecule has 3 aromatic carbocycles. The molecule has 0 saturated carbocycles. The fourth-order valence-corrected chi connectivity index (χ4v) is 2.42. The van der Waals surface area contributed by atoms with E-state index in [9.17, 15) is 9.90 Å². The number of phenols is 1. The third-order valence-corrected chi connectivity index (χ3v) is 3.67. The van der Waals surface area contributed by atoms with Crippen molar-refractivity contribution in [3.63, 3.8) is 0 Å². The molecule has 0 bridgehead atoms. The Balaban J connectivity index is 1.52. The largest absolute Gasteiger partial charge is 0.508 e. The molecule has 0 atom stereocenters. The lowest BCUT2D eigenvalue weighted by molar-refractivity contribution is -0.115. The zero-order chi connectivity index (χ0) is 17.5. The monoisotopic (exact) mass is 333 g/mol. The van der Waals surface area contributed by atoms with Gasteiger partial charge in [-0.25, -0.2) is 0 Å². The standard InChI is InChI=1S/C21H19NO3/c23-19-8-4-7-18(14-19)22-21(24)13-16-9-11-20(12-10-16)25-15-17-5-2-1-3-6-17/h1-12,14,23H,13,15H2,(H,22,24). The maximum Gasteiger partial charge on any atom is 0.228 e. The highest BCUT2D eigenvalue weighted by molar-refractivity contribution is 5.92. The maximum atomic E-state index is 12.1. The summed E-state index contributed by atoms with van der Waals surface area (Å²) in [4.78, 5) is 12.1. The lowest BCUT2D eigenvalue weighted by atomic mass is 10.1. The second-order valence-corrected chi connectivity index (χ2v) is 5.69. The van der Waals surface area contributed by atoms with Crippen molar-refractivity contribution in [2.24, 2.45) is 0 Å². The third kappa shape index (κ3) is 5.11. The van der Waals surface area contributed by atoms with Crippen molar-refractivity contribution in [1.29, 1.82) is 0 Å². The minimum atomic E-state index is -0.136. The molecule has 0 aliphatic carbocycles.